The normalized spacial score (nSPS) is 18.1. The second-order valence-electron chi connectivity index (χ2n) is 7.14. The van der Waals surface area contributed by atoms with E-state index >= 15 is 0 Å². The molecule has 0 bridgehead atoms. The average Bonchev–Trinajstić information content (AvgIpc) is 2.88. The average molecular weight is 319 g/mol. The molecule has 1 unspecified atom stereocenters. The van der Waals surface area contributed by atoms with Gasteiger partial charge in [0.2, 0.25) is 5.91 Å². The molecule has 0 aromatic heterocycles. The van der Waals surface area contributed by atoms with Gasteiger partial charge in [0, 0.05) is 19.5 Å². The van der Waals surface area contributed by atoms with E-state index in [4.69, 9.17) is 0 Å². The Bertz CT molecular complexity index is 264. The lowest BCUT2D eigenvalue weighted by atomic mass is 10.0. The Morgan fingerprint density at radius 3 is 2.14 bits per heavy atom. The van der Waals surface area contributed by atoms with Crippen molar-refractivity contribution in [3.05, 3.63) is 0 Å². The summed E-state index contributed by atoms with van der Waals surface area (Å²) in [6.45, 7) is 13.0. The van der Waals surface area contributed by atoms with Crippen LogP contribution in [0.2, 0.25) is 0 Å². The number of hydrogen-bond acceptors (Lipinski definition) is 2. The number of rotatable bonds is 9. The number of nitrogens with one attached hydrogen (secondary N) is 1. The molecule has 1 amide bonds. The maximum absolute atomic E-state index is 12.4. The third-order valence-corrected chi connectivity index (χ3v) is 4.23. The van der Waals surface area contributed by atoms with Gasteiger partial charge < -0.3 is 10.2 Å². The minimum atomic E-state index is 0. The molecular formula is C17H35ClN2O. The van der Waals surface area contributed by atoms with E-state index in [1.54, 1.807) is 0 Å². The zero-order valence-corrected chi connectivity index (χ0v) is 15.2. The van der Waals surface area contributed by atoms with Crippen molar-refractivity contribution in [2.24, 2.45) is 17.8 Å². The number of nitrogens with zero attached hydrogens (tertiary/aromatic N) is 1. The maximum atomic E-state index is 12.4. The molecule has 4 heteroatoms. The monoisotopic (exact) mass is 318 g/mol. The van der Waals surface area contributed by atoms with Crippen molar-refractivity contribution in [2.45, 2.75) is 59.8 Å². The van der Waals surface area contributed by atoms with E-state index in [2.05, 4.69) is 37.9 Å². The molecule has 1 aliphatic heterocycles. The van der Waals surface area contributed by atoms with Crippen molar-refractivity contribution in [1.29, 1.82) is 0 Å². The van der Waals surface area contributed by atoms with Crippen molar-refractivity contribution in [3.63, 3.8) is 0 Å². The van der Waals surface area contributed by atoms with Crippen molar-refractivity contribution in [3.8, 4) is 0 Å². The van der Waals surface area contributed by atoms with Gasteiger partial charge in [-0.25, -0.2) is 0 Å². The molecule has 0 saturated carbocycles. The van der Waals surface area contributed by atoms with Crippen molar-refractivity contribution in [1.82, 2.24) is 10.2 Å². The minimum absolute atomic E-state index is 0. The van der Waals surface area contributed by atoms with Crippen LogP contribution in [0, 0.1) is 17.8 Å². The molecule has 1 heterocycles. The van der Waals surface area contributed by atoms with Gasteiger partial charge in [-0.15, -0.1) is 12.4 Å². The van der Waals surface area contributed by atoms with Crippen LogP contribution in [0.3, 0.4) is 0 Å². The van der Waals surface area contributed by atoms with Crippen LogP contribution in [-0.4, -0.2) is 37.0 Å². The van der Waals surface area contributed by atoms with Gasteiger partial charge in [-0.3, -0.25) is 4.79 Å². The van der Waals surface area contributed by atoms with Crippen LogP contribution in [0.5, 0.6) is 0 Å². The van der Waals surface area contributed by atoms with Crippen molar-refractivity contribution < 1.29 is 4.79 Å². The third-order valence-electron chi connectivity index (χ3n) is 4.23. The summed E-state index contributed by atoms with van der Waals surface area (Å²) in [5.74, 6) is 2.43. The molecule has 1 saturated heterocycles. The molecule has 1 aliphatic rings. The van der Waals surface area contributed by atoms with E-state index in [1.807, 2.05) is 0 Å². The lowest BCUT2D eigenvalue weighted by molar-refractivity contribution is -0.131. The molecule has 1 N–H and O–H groups in total. The number of halogens is 1. The molecule has 126 valence electrons. The van der Waals surface area contributed by atoms with Gasteiger partial charge >= 0.3 is 0 Å². The first-order chi connectivity index (χ1) is 9.49. The Labute approximate surface area is 137 Å². The highest BCUT2D eigenvalue weighted by Gasteiger charge is 2.19. The van der Waals surface area contributed by atoms with Gasteiger partial charge in [-0.05, 0) is 56.5 Å². The van der Waals surface area contributed by atoms with Gasteiger partial charge in [0.05, 0.1) is 0 Å². The molecule has 1 rings (SSSR count). The second-order valence-corrected chi connectivity index (χ2v) is 7.14. The molecule has 21 heavy (non-hydrogen) atoms. The first-order valence-electron chi connectivity index (χ1n) is 8.47. The quantitative estimate of drug-likeness (QED) is 0.702. The van der Waals surface area contributed by atoms with Crippen molar-refractivity contribution >= 4 is 18.3 Å². The first kappa shape index (κ1) is 20.7. The van der Waals surface area contributed by atoms with E-state index in [-0.39, 0.29) is 12.4 Å². The molecule has 0 aromatic rings. The van der Waals surface area contributed by atoms with Crippen LogP contribution in [0.4, 0.5) is 0 Å². The van der Waals surface area contributed by atoms with Crippen LogP contribution in [-0.2, 0) is 4.79 Å². The summed E-state index contributed by atoms with van der Waals surface area (Å²) in [7, 11) is 0. The number of amides is 1. The van der Waals surface area contributed by atoms with E-state index in [0.717, 1.165) is 57.8 Å². The summed E-state index contributed by atoms with van der Waals surface area (Å²) in [5.41, 5.74) is 0. The van der Waals surface area contributed by atoms with E-state index in [1.165, 1.54) is 6.42 Å². The third kappa shape index (κ3) is 9.36. The molecule has 0 radical (unpaired) electrons. The number of carbonyl (C=O) groups excluding carboxylic acids is 1. The van der Waals surface area contributed by atoms with E-state index < -0.39 is 0 Å². The van der Waals surface area contributed by atoms with E-state index in [9.17, 15) is 4.79 Å². The summed E-state index contributed by atoms with van der Waals surface area (Å²) < 4.78 is 0. The van der Waals surface area contributed by atoms with E-state index in [0.29, 0.717) is 17.7 Å². The molecule has 0 spiro atoms. The Hall–Kier alpha value is -0.280. The number of carbonyl (C=O) groups is 1. The molecular weight excluding hydrogens is 284 g/mol. The predicted octanol–water partition coefficient (Wildman–Crippen LogP) is 3.72. The highest BCUT2D eigenvalue weighted by Crippen LogP contribution is 2.16. The highest BCUT2D eigenvalue weighted by atomic mass is 35.5. The largest absolute Gasteiger partial charge is 0.343 e. The van der Waals surface area contributed by atoms with Gasteiger partial charge in [0.15, 0.2) is 0 Å². The highest BCUT2D eigenvalue weighted by molar-refractivity contribution is 5.85. The molecule has 1 fully saturated rings. The van der Waals surface area contributed by atoms with Crippen LogP contribution in [0.1, 0.15) is 59.8 Å². The maximum Gasteiger partial charge on any atom is 0.222 e. The predicted molar refractivity (Wildman–Crippen MR) is 92.9 cm³/mol. The fraction of sp³-hybridized carbons (Fsp3) is 0.941. The zero-order valence-electron chi connectivity index (χ0n) is 14.4. The lowest BCUT2D eigenvalue weighted by Gasteiger charge is -2.25. The van der Waals surface area contributed by atoms with Gasteiger partial charge in [0.25, 0.3) is 0 Å². The summed E-state index contributed by atoms with van der Waals surface area (Å²) >= 11 is 0. The second kappa shape index (κ2) is 11.3. The van der Waals surface area contributed by atoms with Crippen LogP contribution in [0.25, 0.3) is 0 Å². The molecule has 3 nitrogen and oxygen atoms in total. The number of hydrogen-bond donors (Lipinski definition) is 1. The summed E-state index contributed by atoms with van der Waals surface area (Å²) in [6.07, 6.45) is 5.28. The Balaban J connectivity index is 0.00000400. The fourth-order valence-electron chi connectivity index (χ4n) is 2.64. The lowest BCUT2D eigenvalue weighted by Crippen LogP contribution is -2.34. The fourth-order valence-corrected chi connectivity index (χ4v) is 2.64. The van der Waals surface area contributed by atoms with Crippen LogP contribution >= 0.6 is 12.4 Å². The Morgan fingerprint density at radius 1 is 1.14 bits per heavy atom. The minimum Gasteiger partial charge on any atom is -0.343 e. The molecule has 0 aliphatic carbocycles. The van der Waals surface area contributed by atoms with Crippen LogP contribution in [0.15, 0.2) is 0 Å². The topological polar surface area (TPSA) is 32.3 Å². The zero-order chi connectivity index (χ0) is 15.0. The SMILES string of the molecule is CC(C)CCN(CCC(C)C)C(=O)CCC1CCNC1.Cl. The first-order valence-corrected chi connectivity index (χ1v) is 8.47. The summed E-state index contributed by atoms with van der Waals surface area (Å²) in [6, 6.07) is 0. The Morgan fingerprint density at radius 2 is 1.71 bits per heavy atom. The Kier molecular flexibility index (Phi) is 11.2. The van der Waals surface area contributed by atoms with Gasteiger partial charge in [-0.1, -0.05) is 27.7 Å². The van der Waals surface area contributed by atoms with Gasteiger partial charge in [0.1, 0.15) is 0 Å². The molecule has 1 atom stereocenters. The van der Waals surface area contributed by atoms with Crippen LogP contribution < -0.4 is 5.32 Å². The molecule has 0 aromatic carbocycles. The summed E-state index contributed by atoms with van der Waals surface area (Å²) in [4.78, 5) is 14.5. The van der Waals surface area contributed by atoms with Crippen molar-refractivity contribution in [2.75, 3.05) is 26.2 Å². The standard InChI is InChI=1S/C17H34N2O.ClH/c1-14(2)8-11-19(12-9-15(3)4)17(20)6-5-16-7-10-18-13-16;/h14-16,18H,5-13H2,1-4H3;1H. The smallest absolute Gasteiger partial charge is 0.222 e. The van der Waals surface area contributed by atoms with Gasteiger partial charge in [-0.2, -0.15) is 0 Å². The summed E-state index contributed by atoms with van der Waals surface area (Å²) in [5, 5.41) is 3.38.